The average Bonchev–Trinajstić information content (AvgIpc) is 3.60. The fourth-order valence-electron chi connectivity index (χ4n) is 4.94. The molecule has 0 spiro atoms. The van der Waals surface area contributed by atoms with E-state index >= 15 is 0 Å². The fraction of sp³-hybridized carbons (Fsp3) is 0.444. The van der Waals surface area contributed by atoms with Crippen LogP contribution < -0.4 is 5.32 Å². The van der Waals surface area contributed by atoms with E-state index in [4.69, 9.17) is 4.74 Å². The zero-order valence-corrected chi connectivity index (χ0v) is 19.7. The molecule has 2 N–H and O–H groups in total. The van der Waals surface area contributed by atoms with E-state index in [0.29, 0.717) is 18.8 Å². The van der Waals surface area contributed by atoms with Crippen molar-refractivity contribution < 1.29 is 24.2 Å². The van der Waals surface area contributed by atoms with Crippen LogP contribution in [0.1, 0.15) is 49.7 Å². The van der Waals surface area contributed by atoms with Gasteiger partial charge in [-0.2, -0.15) is 0 Å². The summed E-state index contributed by atoms with van der Waals surface area (Å²) >= 11 is 0. The van der Waals surface area contributed by atoms with E-state index in [0.717, 1.165) is 35.1 Å². The van der Waals surface area contributed by atoms with Crippen molar-refractivity contribution in [3.8, 4) is 11.1 Å². The van der Waals surface area contributed by atoms with Gasteiger partial charge in [-0.3, -0.25) is 4.79 Å². The topological polar surface area (TPSA) is 95.9 Å². The number of carbonyl (C=O) groups is 3. The summed E-state index contributed by atoms with van der Waals surface area (Å²) in [6.07, 6.45) is 2.53. The van der Waals surface area contributed by atoms with Gasteiger partial charge in [0.1, 0.15) is 12.6 Å². The largest absolute Gasteiger partial charge is 0.480 e. The van der Waals surface area contributed by atoms with Crippen molar-refractivity contribution in [2.75, 3.05) is 20.2 Å². The highest BCUT2D eigenvalue weighted by Gasteiger charge is 2.35. The normalized spacial score (nSPS) is 16.2. The molecular formula is C27H32N2O5. The number of benzene rings is 2. The monoisotopic (exact) mass is 464 g/mol. The second-order valence-electron chi connectivity index (χ2n) is 9.29. The Morgan fingerprint density at radius 3 is 2.18 bits per heavy atom. The van der Waals surface area contributed by atoms with E-state index in [-0.39, 0.29) is 25.0 Å². The van der Waals surface area contributed by atoms with Gasteiger partial charge in [-0.05, 0) is 41.0 Å². The number of alkyl carbamates (subject to hydrolysis) is 1. The van der Waals surface area contributed by atoms with Crippen LogP contribution in [-0.4, -0.2) is 54.2 Å². The van der Waals surface area contributed by atoms with E-state index in [9.17, 15) is 19.5 Å². The molecule has 0 radical (unpaired) electrons. The van der Waals surface area contributed by atoms with Crippen molar-refractivity contribution in [2.45, 2.75) is 44.6 Å². The number of fused-ring (bicyclic) bond motifs is 3. The highest BCUT2D eigenvalue weighted by Crippen LogP contribution is 2.44. The molecule has 4 rings (SSSR count). The van der Waals surface area contributed by atoms with E-state index in [1.165, 1.54) is 11.9 Å². The van der Waals surface area contributed by atoms with Crippen LogP contribution in [0.25, 0.3) is 11.1 Å². The summed E-state index contributed by atoms with van der Waals surface area (Å²) < 4.78 is 5.59. The predicted molar refractivity (Wildman–Crippen MR) is 128 cm³/mol. The number of nitrogens with one attached hydrogen (secondary N) is 1. The second-order valence-corrected chi connectivity index (χ2v) is 9.29. The molecule has 1 saturated carbocycles. The first kappa shape index (κ1) is 23.8. The molecule has 2 aromatic rings. The molecule has 0 saturated heterocycles. The molecule has 2 atom stereocenters. The van der Waals surface area contributed by atoms with Crippen LogP contribution in [0.4, 0.5) is 4.79 Å². The van der Waals surface area contributed by atoms with Gasteiger partial charge in [0, 0.05) is 19.5 Å². The molecule has 34 heavy (non-hydrogen) atoms. The van der Waals surface area contributed by atoms with Crippen LogP contribution in [0.3, 0.4) is 0 Å². The minimum absolute atomic E-state index is 0.0333. The van der Waals surface area contributed by atoms with Gasteiger partial charge in [0.2, 0.25) is 5.91 Å². The van der Waals surface area contributed by atoms with E-state index < -0.39 is 24.0 Å². The number of hydrogen-bond donors (Lipinski definition) is 2. The van der Waals surface area contributed by atoms with Gasteiger partial charge in [-0.15, -0.1) is 0 Å². The molecule has 0 aromatic heterocycles. The van der Waals surface area contributed by atoms with Crippen molar-refractivity contribution in [1.82, 2.24) is 10.2 Å². The Bertz CT molecular complexity index is 1020. The maximum absolute atomic E-state index is 13.0. The number of carbonyl (C=O) groups excluding carboxylic acids is 2. The Morgan fingerprint density at radius 2 is 1.65 bits per heavy atom. The summed E-state index contributed by atoms with van der Waals surface area (Å²) in [6.45, 7) is 2.08. The minimum atomic E-state index is -1.02. The molecule has 0 aliphatic heterocycles. The number of carboxylic acid groups (broad SMARTS) is 1. The number of rotatable bonds is 10. The van der Waals surface area contributed by atoms with Gasteiger partial charge >= 0.3 is 12.1 Å². The first-order chi connectivity index (χ1) is 16.4. The van der Waals surface area contributed by atoms with Crippen LogP contribution in [0.5, 0.6) is 0 Å². The highest BCUT2D eigenvalue weighted by atomic mass is 16.5. The summed E-state index contributed by atoms with van der Waals surface area (Å²) in [5, 5.41) is 12.2. The van der Waals surface area contributed by atoms with Gasteiger partial charge < -0.3 is 20.1 Å². The molecule has 2 aromatic carbocycles. The minimum Gasteiger partial charge on any atom is -0.480 e. The van der Waals surface area contributed by atoms with Gasteiger partial charge in [-0.25, -0.2) is 9.59 Å². The predicted octanol–water partition coefficient (Wildman–Crippen LogP) is 4.26. The lowest BCUT2D eigenvalue weighted by atomic mass is 9.98. The lowest BCUT2D eigenvalue weighted by molar-refractivity contribution is -0.150. The Labute approximate surface area is 200 Å². The average molecular weight is 465 g/mol. The molecule has 1 fully saturated rings. The Hall–Kier alpha value is -3.35. The van der Waals surface area contributed by atoms with Gasteiger partial charge in [-0.1, -0.05) is 68.3 Å². The first-order valence-electron chi connectivity index (χ1n) is 12.0. The summed E-state index contributed by atoms with van der Waals surface area (Å²) in [5.74, 6) is -1.31. The standard InChI is InChI=1S/C27H32N2O5/c1-3-24(26(31)32)29(2)25(30)18(14-17-12-13-17)15-28-27(33)34-16-23-21-10-6-4-8-19(21)20-9-5-7-11-22(20)23/h4-11,17-18,23-24H,3,12-16H2,1-2H3,(H,28,33)(H,31,32). The molecule has 7 heteroatoms. The quantitative estimate of drug-likeness (QED) is 0.548. The molecule has 0 bridgehead atoms. The van der Waals surface area contributed by atoms with Crippen LogP contribution >= 0.6 is 0 Å². The van der Waals surface area contributed by atoms with Crippen molar-refractivity contribution >= 4 is 18.0 Å². The van der Waals surface area contributed by atoms with Gasteiger partial charge in [0.25, 0.3) is 0 Å². The van der Waals surface area contributed by atoms with Crippen LogP contribution in [0.2, 0.25) is 0 Å². The number of ether oxygens (including phenoxy) is 1. The smallest absolute Gasteiger partial charge is 0.407 e. The molecule has 2 aliphatic rings. The third kappa shape index (κ3) is 5.08. The Balaban J connectivity index is 1.36. The van der Waals surface area contributed by atoms with Gasteiger partial charge in [0.05, 0.1) is 5.92 Å². The number of aliphatic carboxylic acids is 1. The van der Waals surface area contributed by atoms with Crippen LogP contribution in [-0.2, 0) is 14.3 Å². The maximum Gasteiger partial charge on any atom is 0.407 e. The lowest BCUT2D eigenvalue weighted by Gasteiger charge is -2.28. The third-order valence-corrected chi connectivity index (χ3v) is 6.99. The van der Waals surface area contributed by atoms with Crippen molar-refractivity contribution in [2.24, 2.45) is 11.8 Å². The van der Waals surface area contributed by atoms with Crippen molar-refractivity contribution in [1.29, 1.82) is 0 Å². The summed E-state index contributed by atoms with van der Waals surface area (Å²) in [5.41, 5.74) is 4.60. The number of hydrogen-bond acceptors (Lipinski definition) is 4. The lowest BCUT2D eigenvalue weighted by Crippen LogP contribution is -2.47. The van der Waals surface area contributed by atoms with Crippen LogP contribution in [0.15, 0.2) is 48.5 Å². The number of nitrogens with zero attached hydrogens (tertiary/aromatic N) is 1. The van der Waals surface area contributed by atoms with Gasteiger partial charge in [0.15, 0.2) is 0 Å². The van der Waals surface area contributed by atoms with E-state index in [2.05, 4.69) is 29.6 Å². The molecule has 180 valence electrons. The van der Waals surface area contributed by atoms with E-state index in [1.54, 1.807) is 6.92 Å². The zero-order chi connectivity index (χ0) is 24.2. The fourth-order valence-corrected chi connectivity index (χ4v) is 4.94. The molecular weight excluding hydrogens is 432 g/mol. The summed E-state index contributed by atoms with van der Waals surface area (Å²) in [6, 6.07) is 15.4. The number of carboxylic acids is 1. The molecule has 2 amide bonds. The zero-order valence-electron chi connectivity index (χ0n) is 19.7. The number of likely N-dealkylation sites (N-methyl/N-ethyl adjacent to an activating group) is 1. The van der Waals surface area contributed by atoms with Crippen LogP contribution in [0, 0.1) is 11.8 Å². The highest BCUT2D eigenvalue weighted by molar-refractivity contribution is 5.85. The molecule has 2 unspecified atom stereocenters. The maximum atomic E-state index is 13.0. The summed E-state index contributed by atoms with van der Waals surface area (Å²) in [7, 11) is 1.53. The van der Waals surface area contributed by atoms with Crippen molar-refractivity contribution in [3.63, 3.8) is 0 Å². The van der Waals surface area contributed by atoms with Crippen molar-refractivity contribution in [3.05, 3.63) is 59.7 Å². The second kappa shape index (κ2) is 10.3. The molecule has 0 heterocycles. The Morgan fingerprint density at radius 1 is 1.06 bits per heavy atom. The molecule has 7 nitrogen and oxygen atoms in total. The molecule has 2 aliphatic carbocycles. The number of amides is 2. The summed E-state index contributed by atoms with van der Waals surface area (Å²) in [4.78, 5) is 38.4. The SMILES string of the molecule is CCC(C(=O)O)N(C)C(=O)C(CNC(=O)OCC1c2ccccc2-c2ccccc21)CC1CC1. The first-order valence-corrected chi connectivity index (χ1v) is 12.0. The Kier molecular flexibility index (Phi) is 7.20. The van der Waals surface area contributed by atoms with E-state index in [1.807, 2.05) is 24.3 Å². The third-order valence-electron chi connectivity index (χ3n) is 6.99.